The molecule has 0 aliphatic rings. The number of ketones is 1. The van der Waals surface area contributed by atoms with E-state index in [1.165, 1.54) is 13.0 Å². The second kappa shape index (κ2) is 6.89. The maximum absolute atomic E-state index is 11.7. The standard InChI is InChI=1S/C14H14ClNO4S/c1-9(17)12-8-14(16-21(18)19)13(15)7-10(12)4-5-11-3-2-6-20-11/h2-3,6-8,16H,4-5H2,1H3,(H,18,19). The maximum Gasteiger partial charge on any atom is 0.259 e. The Labute approximate surface area is 129 Å². The molecule has 1 heterocycles. The van der Waals surface area contributed by atoms with Gasteiger partial charge < -0.3 is 4.42 Å². The van der Waals surface area contributed by atoms with Gasteiger partial charge in [-0.2, -0.15) is 0 Å². The average molecular weight is 328 g/mol. The summed E-state index contributed by atoms with van der Waals surface area (Å²) in [7, 11) is 0. The molecule has 0 saturated heterocycles. The van der Waals surface area contributed by atoms with E-state index in [0.717, 1.165) is 11.3 Å². The molecular weight excluding hydrogens is 314 g/mol. The van der Waals surface area contributed by atoms with Crippen LogP contribution in [-0.4, -0.2) is 14.5 Å². The van der Waals surface area contributed by atoms with E-state index in [1.807, 2.05) is 6.07 Å². The van der Waals surface area contributed by atoms with Crippen molar-refractivity contribution in [3.8, 4) is 0 Å². The third-order valence-corrected chi connectivity index (χ3v) is 3.70. The zero-order valence-electron chi connectivity index (χ0n) is 11.3. The van der Waals surface area contributed by atoms with Crippen molar-refractivity contribution < 1.29 is 18.0 Å². The molecule has 2 aromatic rings. The Hall–Kier alpha value is -1.63. The molecule has 7 heteroatoms. The zero-order chi connectivity index (χ0) is 15.4. The van der Waals surface area contributed by atoms with Gasteiger partial charge in [0.05, 0.1) is 17.0 Å². The van der Waals surface area contributed by atoms with E-state index in [1.54, 1.807) is 18.4 Å². The highest BCUT2D eigenvalue weighted by Crippen LogP contribution is 2.28. The van der Waals surface area contributed by atoms with Crippen LogP contribution in [0.25, 0.3) is 0 Å². The van der Waals surface area contributed by atoms with Gasteiger partial charge in [-0.25, -0.2) is 4.21 Å². The van der Waals surface area contributed by atoms with E-state index < -0.39 is 11.3 Å². The summed E-state index contributed by atoms with van der Waals surface area (Å²) >= 11 is 3.82. The lowest BCUT2D eigenvalue weighted by Crippen LogP contribution is -2.07. The number of aryl methyl sites for hydroxylation is 2. The van der Waals surface area contributed by atoms with Crippen molar-refractivity contribution in [3.05, 3.63) is 52.4 Å². The molecule has 2 rings (SSSR count). The van der Waals surface area contributed by atoms with Gasteiger partial charge in [-0.3, -0.25) is 14.1 Å². The molecule has 0 fully saturated rings. The largest absolute Gasteiger partial charge is 0.469 e. The molecular formula is C14H14ClNO4S. The average Bonchev–Trinajstić information content (AvgIpc) is 2.91. The Kier molecular flexibility index (Phi) is 5.17. The molecule has 21 heavy (non-hydrogen) atoms. The van der Waals surface area contributed by atoms with Gasteiger partial charge in [-0.1, -0.05) is 11.6 Å². The normalized spacial score (nSPS) is 12.1. The highest BCUT2D eigenvalue weighted by atomic mass is 35.5. The van der Waals surface area contributed by atoms with Crippen molar-refractivity contribution in [1.29, 1.82) is 0 Å². The lowest BCUT2D eigenvalue weighted by molar-refractivity contribution is 0.101. The van der Waals surface area contributed by atoms with Crippen molar-refractivity contribution in [2.24, 2.45) is 0 Å². The minimum absolute atomic E-state index is 0.132. The number of benzene rings is 1. The molecule has 0 amide bonds. The lowest BCUT2D eigenvalue weighted by Gasteiger charge is -2.11. The fraction of sp³-hybridized carbons (Fsp3) is 0.214. The van der Waals surface area contributed by atoms with Crippen molar-refractivity contribution in [3.63, 3.8) is 0 Å². The topological polar surface area (TPSA) is 79.5 Å². The van der Waals surface area contributed by atoms with E-state index in [4.69, 9.17) is 20.6 Å². The van der Waals surface area contributed by atoms with E-state index >= 15 is 0 Å². The molecule has 0 aliphatic carbocycles. The van der Waals surface area contributed by atoms with Gasteiger partial charge in [0.2, 0.25) is 0 Å². The zero-order valence-corrected chi connectivity index (χ0v) is 12.8. The number of hydrogen-bond acceptors (Lipinski definition) is 3. The Morgan fingerprint density at radius 3 is 2.76 bits per heavy atom. The molecule has 0 saturated carbocycles. The summed E-state index contributed by atoms with van der Waals surface area (Å²) < 4.78 is 27.2. The summed E-state index contributed by atoms with van der Waals surface area (Å²) in [6, 6.07) is 6.80. The van der Waals surface area contributed by atoms with Crippen LogP contribution in [0.15, 0.2) is 34.9 Å². The Bertz CT molecular complexity index is 670. The molecule has 1 atom stereocenters. The minimum atomic E-state index is -2.24. The Balaban J connectivity index is 2.29. The summed E-state index contributed by atoms with van der Waals surface area (Å²) in [5, 5.41) is 0.289. The third-order valence-electron chi connectivity index (χ3n) is 2.99. The minimum Gasteiger partial charge on any atom is -0.469 e. The third kappa shape index (κ3) is 4.17. The van der Waals surface area contributed by atoms with Crippen molar-refractivity contribution in [1.82, 2.24) is 0 Å². The van der Waals surface area contributed by atoms with Crippen LogP contribution in [0.4, 0.5) is 5.69 Å². The number of anilines is 1. The molecule has 0 aliphatic heterocycles. The monoisotopic (exact) mass is 327 g/mol. The van der Waals surface area contributed by atoms with Crippen LogP contribution in [-0.2, 0) is 24.1 Å². The highest BCUT2D eigenvalue weighted by Gasteiger charge is 2.13. The SMILES string of the molecule is CC(=O)c1cc(NS(=O)O)c(Cl)cc1CCc1ccco1. The van der Waals surface area contributed by atoms with Crippen LogP contribution in [0.5, 0.6) is 0 Å². The molecule has 112 valence electrons. The predicted octanol–water partition coefficient (Wildman–Crippen LogP) is 3.47. The van der Waals surface area contributed by atoms with Gasteiger partial charge in [-0.15, -0.1) is 0 Å². The fourth-order valence-electron chi connectivity index (χ4n) is 2.03. The van der Waals surface area contributed by atoms with E-state index in [-0.39, 0.29) is 16.5 Å². The first-order valence-corrected chi connectivity index (χ1v) is 7.69. The molecule has 0 radical (unpaired) electrons. The first kappa shape index (κ1) is 15.8. The molecule has 1 aromatic heterocycles. The summed E-state index contributed by atoms with van der Waals surface area (Å²) in [5.74, 6) is 0.687. The molecule has 0 bridgehead atoms. The van der Waals surface area contributed by atoms with E-state index in [0.29, 0.717) is 18.4 Å². The number of carbonyl (C=O) groups is 1. The number of furan rings is 1. The van der Waals surface area contributed by atoms with Gasteiger partial charge in [0, 0.05) is 12.0 Å². The van der Waals surface area contributed by atoms with Crippen LogP contribution >= 0.6 is 11.6 Å². The summed E-state index contributed by atoms with van der Waals surface area (Å²) in [6.07, 6.45) is 2.82. The van der Waals surface area contributed by atoms with Gasteiger partial charge >= 0.3 is 0 Å². The molecule has 5 nitrogen and oxygen atoms in total. The lowest BCUT2D eigenvalue weighted by atomic mass is 9.99. The van der Waals surface area contributed by atoms with Gasteiger partial charge in [0.15, 0.2) is 5.78 Å². The summed E-state index contributed by atoms with van der Waals surface area (Å²) in [4.78, 5) is 11.7. The smallest absolute Gasteiger partial charge is 0.259 e. The van der Waals surface area contributed by atoms with Gasteiger partial charge in [-0.05, 0) is 43.2 Å². The number of nitrogens with one attached hydrogen (secondary N) is 1. The number of carbonyl (C=O) groups excluding carboxylic acids is 1. The molecule has 1 unspecified atom stereocenters. The van der Waals surface area contributed by atoms with Crippen LogP contribution in [0.3, 0.4) is 0 Å². The van der Waals surface area contributed by atoms with Gasteiger partial charge in [0.25, 0.3) is 11.3 Å². The Morgan fingerprint density at radius 1 is 1.43 bits per heavy atom. The van der Waals surface area contributed by atoms with Crippen LogP contribution in [0, 0.1) is 0 Å². The molecule has 2 N–H and O–H groups in total. The number of halogens is 1. The summed E-state index contributed by atoms with van der Waals surface area (Å²) in [5.41, 5.74) is 1.50. The Morgan fingerprint density at radius 2 is 2.19 bits per heavy atom. The summed E-state index contributed by atoms with van der Waals surface area (Å²) in [6.45, 7) is 1.44. The molecule has 1 aromatic carbocycles. The quantitative estimate of drug-likeness (QED) is 0.629. The van der Waals surface area contributed by atoms with Crippen molar-refractivity contribution in [2.75, 3.05) is 4.72 Å². The first-order valence-electron chi connectivity index (χ1n) is 6.20. The van der Waals surface area contributed by atoms with Crippen LogP contribution < -0.4 is 4.72 Å². The van der Waals surface area contributed by atoms with E-state index in [2.05, 4.69) is 4.72 Å². The van der Waals surface area contributed by atoms with Crippen LogP contribution in [0.1, 0.15) is 28.6 Å². The van der Waals surface area contributed by atoms with Crippen LogP contribution in [0.2, 0.25) is 5.02 Å². The fourth-order valence-corrected chi connectivity index (χ4v) is 2.68. The first-order chi connectivity index (χ1) is 9.97. The van der Waals surface area contributed by atoms with Gasteiger partial charge in [0.1, 0.15) is 5.76 Å². The van der Waals surface area contributed by atoms with E-state index in [9.17, 15) is 9.00 Å². The number of rotatable bonds is 6. The second-order valence-electron chi connectivity index (χ2n) is 4.48. The molecule has 0 spiro atoms. The number of hydrogen-bond donors (Lipinski definition) is 2. The number of Topliss-reactive ketones (excluding diaryl/α,β-unsaturated/α-hetero) is 1. The van der Waals surface area contributed by atoms with Crippen molar-refractivity contribution >= 4 is 34.3 Å². The predicted molar refractivity (Wildman–Crippen MR) is 82.0 cm³/mol. The van der Waals surface area contributed by atoms with Crippen molar-refractivity contribution in [2.45, 2.75) is 19.8 Å². The maximum atomic E-state index is 11.7. The second-order valence-corrected chi connectivity index (χ2v) is 5.59. The highest BCUT2D eigenvalue weighted by molar-refractivity contribution is 7.80.